The summed E-state index contributed by atoms with van der Waals surface area (Å²) in [6, 6.07) is 10.2. The fourth-order valence-electron chi connectivity index (χ4n) is 2.35. The van der Waals surface area contributed by atoms with Gasteiger partial charge in [-0.05, 0) is 24.3 Å². The summed E-state index contributed by atoms with van der Waals surface area (Å²) in [6.45, 7) is 0. The van der Waals surface area contributed by atoms with Crippen molar-refractivity contribution in [3.05, 3.63) is 88.7 Å². The molecule has 0 bridgehead atoms. The normalized spacial score (nSPS) is 10.6. The number of benzene rings is 3. The van der Waals surface area contributed by atoms with Crippen molar-refractivity contribution in [3.8, 4) is 17.2 Å². The lowest BCUT2D eigenvalue weighted by atomic mass is 10.1. The minimum absolute atomic E-state index is 0.238. The van der Waals surface area contributed by atoms with Gasteiger partial charge in [0.15, 0.2) is 34.8 Å². The fourth-order valence-corrected chi connectivity index (χ4v) is 2.35. The number of phenolic OH excluding ortho intramolecular Hbond substituents is 1. The Kier molecular flexibility index (Phi) is 5.67. The Bertz CT molecular complexity index is 1130. The predicted molar refractivity (Wildman–Crippen MR) is 90.7 cm³/mol. The van der Waals surface area contributed by atoms with E-state index in [0.717, 1.165) is 12.1 Å². The Morgan fingerprint density at radius 2 is 1.07 bits per heavy atom. The second-order valence-electron chi connectivity index (χ2n) is 5.69. The molecule has 154 valence electrons. The number of carbonyl (C=O) groups excluding carboxylic acids is 2. The third-order valence-corrected chi connectivity index (χ3v) is 3.79. The van der Waals surface area contributed by atoms with E-state index < -0.39 is 63.8 Å². The largest absolute Gasteiger partial charge is 0.507 e. The summed E-state index contributed by atoms with van der Waals surface area (Å²) in [5, 5.41) is 9.69. The summed E-state index contributed by atoms with van der Waals surface area (Å²) in [5.74, 6) is -16.2. The minimum atomic E-state index is -2.43. The average molecular weight is 424 g/mol. The molecular formula is C20H9F5O5. The van der Waals surface area contributed by atoms with E-state index in [1.807, 2.05) is 0 Å². The molecule has 0 spiro atoms. The molecule has 30 heavy (non-hydrogen) atoms. The zero-order valence-corrected chi connectivity index (χ0v) is 14.6. The molecule has 0 atom stereocenters. The number of esters is 2. The standard InChI is InChI=1S/C20H9F5O5/c21-14-13(15(22)17(24)18(25)16(14)23)20(28)30-12-8-4-3-7-11(12)29-19(27)9-5-1-2-6-10(9)26/h1-8,26H. The molecule has 0 aliphatic rings. The van der Waals surface area contributed by atoms with E-state index in [2.05, 4.69) is 0 Å². The van der Waals surface area contributed by atoms with Crippen LogP contribution in [0.5, 0.6) is 17.2 Å². The quantitative estimate of drug-likeness (QED) is 0.219. The molecule has 0 fully saturated rings. The SMILES string of the molecule is O=C(Oc1ccccc1OC(=O)c1c(F)c(F)c(F)c(F)c1F)c1ccccc1O. The van der Waals surface area contributed by atoms with Gasteiger partial charge in [0.05, 0.1) is 0 Å². The third kappa shape index (κ3) is 3.79. The first kappa shape index (κ1) is 20.8. The second-order valence-corrected chi connectivity index (χ2v) is 5.69. The Balaban J connectivity index is 1.92. The average Bonchev–Trinajstić information content (AvgIpc) is 2.72. The Morgan fingerprint density at radius 3 is 1.60 bits per heavy atom. The lowest BCUT2D eigenvalue weighted by Crippen LogP contribution is -2.18. The van der Waals surface area contributed by atoms with E-state index in [1.165, 1.54) is 36.4 Å². The number of rotatable bonds is 4. The molecule has 0 radical (unpaired) electrons. The Hall–Kier alpha value is -3.95. The maximum atomic E-state index is 13.8. The molecule has 0 heterocycles. The van der Waals surface area contributed by atoms with Crippen LogP contribution in [0.4, 0.5) is 22.0 Å². The number of phenols is 1. The summed E-state index contributed by atoms with van der Waals surface area (Å²) in [6.07, 6.45) is 0. The van der Waals surface area contributed by atoms with E-state index in [4.69, 9.17) is 9.47 Å². The van der Waals surface area contributed by atoms with Crippen molar-refractivity contribution >= 4 is 11.9 Å². The van der Waals surface area contributed by atoms with Crippen LogP contribution in [0.3, 0.4) is 0 Å². The van der Waals surface area contributed by atoms with Crippen LogP contribution in [0.25, 0.3) is 0 Å². The lowest BCUT2D eigenvalue weighted by molar-refractivity contribution is 0.0673. The predicted octanol–water partition coefficient (Wildman–Crippen LogP) is 4.53. The smallest absolute Gasteiger partial charge is 0.349 e. The molecule has 5 nitrogen and oxygen atoms in total. The molecule has 3 aromatic carbocycles. The first-order valence-corrected chi connectivity index (χ1v) is 8.05. The van der Waals surface area contributed by atoms with Gasteiger partial charge in [-0.25, -0.2) is 31.5 Å². The molecule has 10 heteroatoms. The summed E-state index contributed by atoms with van der Waals surface area (Å²) >= 11 is 0. The van der Waals surface area contributed by atoms with Gasteiger partial charge < -0.3 is 14.6 Å². The van der Waals surface area contributed by atoms with Gasteiger partial charge in [0.25, 0.3) is 0 Å². The summed E-state index contributed by atoms with van der Waals surface area (Å²) in [7, 11) is 0. The number of para-hydroxylation sites is 3. The summed E-state index contributed by atoms with van der Waals surface area (Å²) < 4.78 is 77.1. The van der Waals surface area contributed by atoms with Crippen molar-refractivity contribution in [3.63, 3.8) is 0 Å². The monoisotopic (exact) mass is 424 g/mol. The van der Waals surface area contributed by atoms with E-state index in [0.29, 0.717) is 0 Å². The van der Waals surface area contributed by atoms with Gasteiger partial charge in [0.1, 0.15) is 16.9 Å². The number of halogens is 5. The first-order valence-electron chi connectivity index (χ1n) is 8.05. The van der Waals surface area contributed by atoms with Crippen LogP contribution in [0, 0.1) is 29.1 Å². The maximum Gasteiger partial charge on any atom is 0.349 e. The molecule has 3 rings (SSSR count). The number of aromatic hydroxyl groups is 1. The van der Waals surface area contributed by atoms with Crippen molar-refractivity contribution in [1.82, 2.24) is 0 Å². The van der Waals surface area contributed by atoms with Gasteiger partial charge in [-0.2, -0.15) is 0 Å². The van der Waals surface area contributed by atoms with Crippen LogP contribution in [0.1, 0.15) is 20.7 Å². The van der Waals surface area contributed by atoms with Gasteiger partial charge >= 0.3 is 11.9 Å². The van der Waals surface area contributed by atoms with Gasteiger partial charge in [0, 0.05) is 0 Å². The fraction of sp³-hybridized carbons (Fsp3) is 0. The zero-order chi connectivity index (χ0) is 22.0. The second kappa shape index (κ2) is 8.19. The minimum Gasteiger partial charge on any atom is -0.507 e. The molecule has 0 amide bonds. The van der Waals surface area contributed by atoms with E-state index in [-0.39, 0.29) is 5.56 Å². The van der Waals surface area contributed by atoms with Crippen LogP contribution < -0.4 is 9.47 Å². The Labute approximate surface area is 164 Å². The first-order chi connectivity index (χ1) is 14.2. The summed E-state index contributed by atoms with van der Waals surface area (Å²) in [5.41, 5.74) is -2.05. The van der Waals surface area contributed by atoms with Crippen LogP contribution in [-0.2, 0) is 0 Å². The van der Waals surface area contributed by atoms with Crippen molar-refractivity contribution in [2.75, 3.05) is 0 Å². The molecule has 0 unspecified atom stereocenters. The molecule has 1 N–H and O–H groups in total. The highest BCUT2D eigenvalue weighted by Gasteiger charge is 2.31. The van der Waals surface area contributed by atoms with E-state index in [1.54, 1.807) is 0 Å². The highest BCUT2D eigenvalue weighted by Crippen LogP contribution is 2.31. The molecular weight excluding hydrogens is 415 g/mol. The number of ether oxygens (including phenoxy) is 2. The third-order valence-electron chi connectivity index (χ3n) is 3.79. The Morgan fingerprint density at radius 1 is 0.633 bits per heavy atom. The molecule has 0 aliphatic carbocycles. The zero-order valence-electron chi connectivity index (χ0n) is 14.6. The van der Waals surface area contributed by atoms with Gasteiger partial charge in [-0.3, -0.25) is 0 Å². The molecule has 0 aliphatic heterocycles. The number of hydrogen-bond acceptors (Lipinski definition) is 5. The van der Waals surface area contributed by atoms with Crippen molar-refractivity contribution < 1.29 is 46.1 Å². The van der Waals surface area contributed by atoms with E-state index >= 15 is 0 Å². The molecule has 0 saturated carbocycles. The highest BCUT2D eigenvalue weighted by molar-refractivity contribution is 5.95. The van der Waals surface area contributed by atoms with Gasteiger partial charge in [-0.1, -0.05) is 24.3 Å². The topological polar surface area (TPSA) is 72.8 Å². The van der Waals surface area contributed by atoms with E-state index in [9.17, 15) is 36.6 Å². The van der Waals surface area contributed by atoms with Crippen LogP contribution >= 0.6 is 0 Å². The van der Waals surface area contributed by atoms with Gasteiger partial charge in [-0.15, -0.1) is 0 Å². The van der Waals surface area contributed by atoms with Crippen LogP contribution in [0.2, 0.25) is 0 Å². The molecule has 0 saturated heterocycles. The maximum absolute atomic E-state index is 13.8. The van der Waals surface area contributed by atoms with Crippen LogP contribution in [0.15, 0.2) is 48.5 Å². The lowest BCUT2D eigenvalue weighted by Gasteiger charge is -2.12. The molecule has 3 aromatic rings. The highest BCUT2D eigenvalue weighted by atomic mass is 19.2. The van der Waals surface area contributed by atoms with Crippen molar-refractivity contribution in [1.29, 1.82) is 0 Å². The van der Waals surface area contributed by atoms with Crippen LogP contribution in [-0.4, -0.2) is 17.0 Å². The molecule has 0 aromatic heterocycles. The summed E-state index contributed by atoms with van der Waals surface area (Å²) in [4.78, 5) is 24.3. The van der Waals surface area contributed by atoms with Gasteiger partial charge in [0.2, 0.25) is 5.82 Å². The van der Waals surface area contributed by atoms with Crippen molar-refractivity contribution in [2.45, 2.75) is 0 Å². The number of carbonyl (C=O) groups is 2. The number of hydrogen-bond donors (Lipinski definition) is 1. The van der Waals surface area contributed by atoms with Crippen molar-refractivity contribution in [2.24, 2.45) is 0 Å².